The van der Waals surface area contributed by atoms with Gasteiger partial charge in [-0.1, -0.05) is 37.3 Å². The molecule has 1 fully saturated rings. The van der Waals surface area contributed by atoms with Gasteiger partial charge in [0.25, 0.3) is 0 Å². The lowest BCUT2D eigenvalue weighted by molar-refractivity contribution is -0.311. The van der Waals surface area contributed by atoms with E-state index in [9.17, 15) is 9.90 Å². The SMILES string of the molecule is CC(C(=O)[O-])C1OC1c1ccccc1. The van der Waals surface area contributed by atoms with Crippen molar-refractivity contribution in [2.24, 2.45) is 5.92 Å². The van der Waals surface area contributed by atoms with Gasteiger partial charge >= 0.3 is 0 Å². The van der Waals surface area contributed by atoms with E-state index in [-0.39, 0.29) is 12.2 Å². The van der Waals surface area contributed by atoms with Crippen molar-refractivity contribution in [2.75, 3.05) is 0 Å². The lowest BCUT2D eigenvalue weighted by atomic mass is 10.0. The molecule has 1 aromatic rings. The number of rotatable bonds is 3. The quantitative estimate of drug-likeness (QED) is 0.654. The van der Waals surface area contributed by atoms with Crippen LogP contribution in [0.3, 0.4) is 0 Å². The van der Waals surface area contributed by atoms with Crippen molar-refractivity contribution in [2.45, 2.75) is 19.1 Å². The number of epoxide rings is 1. The Morgan fingerprint density at radius 3 is 2.64 bits per heavy atom. The van der Waals surface area contributed by atoms with Crippen LogP contribution in [0, 0.1) is 5.92 Å². The summed E-state index contributed by atoms with van der Waals surface area (Å²) in [5.41, 5.74) is 1.03. The van der Waals surface area contributed by atoms with Gasteiger partial charge in [0, 0.05) is 11.9 Å². The number of hydrogen-bond acceptors (Lipinski definition) is 3. The zero-order valence-electron chi connectivity index (χ0n) is 7.84. The number of carboxylic acids is 1. The number of aliphatic carboxylic acids is 1. The third-order valence-electron chi connectivity index (χ3n) is 2.52. The van der Waals surface area contributed by atoms with Crippen molar-refractivity contribution >= 4 is 5.97 Å². The summed E-state index contributed by atoms with van der Waals surface area (Å²) in [6, 6.07) is 9.62. The normalized spacial score (nSPS) is 26.9. The summed E-state index contributed by atoms with van der Waals surface area (Å²) >= 11 is 0. The van der Waals surface area contributed by atoms with Crippen LogP contribution in [-0.4, -0.2) is 12.1 Å². The number of carboxylic acid groups (broad SMARTS) is 1. The van der Waals surface area contributed by atoms with Crippen LogP contribution in [0.2, 0.25) is 0 Å². The zero-order chi connectivity index (χ0) is 10.1. The molecule has 0 aromatic heterocycles. The summed E-state index contributed by atoms with van der Waals surface area (Å²) in [5.74, 6) is -1.59. The highest BCUT2D eigenvalue weighted by Crippen LogP contribution is 2.42. The maximum atomic E-state index is 10.6. The number of ether oxygens (including phenoxy) is 1. The maximum absolute atomic E-state index is 10.6. The summed E-state index contributed by atoms with van der Waals surface area (Å²) in [7, 11) is 0. The van der Waals surface area contributed by atoms with Crippen LogP contribution in [0.1, 0.15) is 18.6 Å². The van der Waals surface area contributed by atoms with Crippen LogP contribution in [0.5, 0.6) is 0 Å². The van der Waals surface area contributed by atoms with Crippen molar-refractivity contribution in [1.82, 2.24) is 0 Å². The summed E-state index contributed by atoms with van der Waals surface area (Å²) in [5, 5.41) is 10.6. The summed E-state index contributed by atoms with van der Waals surface area (Å²) < 4.78 is 5.31. The molecule has 0 amide bonds. The van der Waals surface area contributed by atoms with E-state index in [4.69, 9.17) is 4.74 Å². The van der Waals surface area contributed by atoms with Gasteiger partial charge in [0.05, 0.1) is 6.10 Å². The molecule has 2 rings (SSSR count). The van der Waals surface area contributed by atoms with E-state index in [1.54, 1.807) is 6.92 Å². The van der Waals surface area contributed by atoms with Crippen LogP contribution in [0.25, 0.3) is 0 Å². The van der Waals surface area contributed by atoms with E-state index in [0.717, 1.165) is 5.56 Å². The van der Waals surface area contributed by atoms with Gasteiger partial charge in [-0.05, 0) is 5.56 Å². The first-order valence-electron chi connectivity index (χ1n) is 4.61. The number of carbonyl (C=O) groups is 1. The lowest BCUT2D eigenvalue weighted by Gasteiger charge is -2.08. The third-order valence-corrected chi connectivity index (χ3v) is 2.52. The van der Waals surface area contributed by atoms with Gasteiger partial charge < -0.3 is 14.6 Å². The van der Waals surface area contributed by atoms with Gasteiger partial charge in [-0.15, -0.1) is 0 Å². The van der Waals surface area contributed by atoms with E-state index < -0.39 is 11.9 Å². The van der Waals surface area contributed by atoms with Gasteiger partial charge in [-0.25, -0.2) is 0 Å². The summed E-state index contributed by atoms with van der Waals surface area (Å²) in [4.78, 5) is 10.6. The second-order valence-electron chi connectivity index (χ2n) is 3.54. The van der Waals surface area contributed by atoms with Crippen molar-refractivity contribution in [3.63, 3.8) is 0 Å². The fourth-order valence-electron chi connectivity index (χ4n) is 1.55. The minimum absolute atomic E-state index is 0.0656. The molecule has 1 aliphatic heterocycles. The van der Waals surface area contributed by atoms with E-state index in [2.05, 4.69) is 0 Å². The molecule has 0 aliphatic carbocycles. The predicted molar refractivity (Wildman–Crippen MR) is 48.2 cm³/mol. The van der Waals surface area contributed by atoms with Crippen LogP contribution in [0.4, 0.5) is 0 Å². The Labute approximate surface area is 82.3 Å². The smallest absolute Gasteiger partial charge is 0.110 e. The Balaban J connectivity index is 2.03. The van der Waals surface area contributed by atoms with E-state index in [1.165, 1.54) is 0 Å². The van der Waals surface area contributed by atoms with E-state index in [0.29, 0.717) is 0 Å². The average molecular weight is 191 g/mol. The molecule has 3 atom stereocenters. The molecule has 1 saturated heterocycles. The van der Waals surface area contributed by atoms with Gasteiger partial charge in [0.1, 0.15) is 6.10 Å². The third kappa shape index (κ3) is 1.63. The lowest BCUT2D eigenvalue weighted by Crippen LogP contribution is -2.32. The Bertz CT molecular complexity index is 334. The molecule has 3 heteroatoms. The summed E-state index contributed by atoms with van der Waals surface area (Å²) in [6.07, 6.45) is -0.286. The fourth-order valence-corrected chi connectivity index (χ4v) is 1.55. The monoisotopic (exact) mass is 191 g/mol. The molecule has 0 saturated carbocycles. The first-order chi connectivity index (χ1) is 6.70. The van der Waals surface area contributed by atoms with Crippen molar-refractivity contribution in [3.05, 3.63) is 35.9 Å². The topological polar surface area (TPSA) is 52.7 Å². The van der Waals surface area contributed by atoms with Crippen molar-refractivity contribution in [3.8, 4) is 0 Å². The summed E-state index contributed by atoms with van der Waals surface area (Å²) in [6.45, 7) is 1.61. The molecule has 74 valence electrons. The molecule has 1 heterocycles. The molecule has 1 aliphatic rings. The molecular weight excluding hydrogens is 180 g/mol. The zero-order valence-corrected chi connectivity index (χ0v) is 7.84. The predicted octanol–water partition coefficient (Wildman–Crippen LogP) is 0.512. The van der Waals surface area contributed by atoms with Gasteiger partial charge in [0.15, 0.2) is 0 Å². The minimum atomic E-state index is -1.05. The van der Waals surface area contributed by atoms with Crippen LogP contribution >= 0.6 is 0 Å². The van der Waals surface area contributed by atoms with Crippen LogP contribution in [0.15, 0.2) is 30.3 Å². The molecule has 0 N–H and O–H groups in total. The van der Waals surface area contributed by atoms with Gasteiger partial charge in [-0.3, -0.25) is 0 Å². The number of carbonyl (C=O) groups excluding carboxylic acids is 1. The van der Waals surface area contributed by atoms with Crippen LogP contribution in [-0.2, 0) is 9.53 Å². The van der Waals surface area contributed by atoms with Crippen LogP contribution < -0.4 is 5.11 Å². The minimum Gasteiger partial charge on any atom is -0.550 e. The average Bonchev–Trinajstić information content (AvgIpc) is 2.97. The standard InChI is InChI=1S/C11H12O3/c1-7(11(12)13)9-10(14-9)8-5-3-2-4-6-8/h2-7,9-10H,1H3,(H,12,13)/p-1. The molecule has 0 radical (unpaired) electrons. The van der Waals surface area contributed by atoms with E-state index >= 15 is 0 Å². The Morgan fingerprint density at radius 1 is 1.43 bits per heavy atom. The second kappa shape index (κ2) is 3.42. The Kier molecular flexibility index (Phi) is 2.25. The molecule has 0 bridgehead atoms. The molecule has 1 aromatic carbocycles. The van der Waals surface area contributed by atoms with Crippen molar-refractivity contribution < 1.29 is 14.6 Å². The van der Waals surface area contributed by atoms with E-state index in [1.807, 2.05) is 30.3 Å². The Morgan fingerprint density at radius 2 is 2.07 bits per heavy atom. The number of benzene rings is 1. The molecule has 3 nitrogen and oxygen atoms in total. The fraction of sp³-hybridized carbons (Fsp3) is 0.364. The largest absolute Gasteiger partial charge is 0.550 e. The second-order valence-corrected chi connectivity index (χ2v) is 3.54. The first-order valence-corrected chi connectivity index (χ1v) is 4.61. The highest BCUT2D eigenvalue weighted by Gasteiger charge is 2.44. The molecular formula is C11H11O3-. The Hall–Kier alpha value is -1.35. The maximum Gasteiger partial charge on any atom is 0.110 e. The van der Waals surface area contributed by atoms with Crippen molar-refractivity contribution in [1.29, 1.82) is 0 Å². The first kappa shape index (κ1) is 9.21. The highest BCUT2D eigenvalue weighted by atomic mass is 16.6. The molecule has 14 heavy (non-hydrogen) atoms. The molecule has 0 spiro atoms. The molecule has 3 unspecified atom stereocenters. The highest BCUT2D eigenvalue weighted by molar-refractivity contribution is 5.68. The number of hydrogen-bond donors (Lipinski definition) is 0. The van der Waals surface area contributed by atoms with Gasteiger partial charge in [-0.2, -0.15) is 0 Å². The van der Waals surface area contributed by atoms with Gasteiger partial charge in [0.2, 0.25) is 0 Å².